The van der Waals surface area contributed by atoms with E-state index in [-0.39, 0.29) is 6.10 Å². The van der Waals surface area contributed by atoms with Crippen molar-refractivity contribution in [1.82, 2.24) is 0 Å². The number of allylic oxidation sites excluding steroid dienone is 1. The van der Waals surface area contributed by atoms with Gasteiger partial charge in [-0.25, -0.2) is 0 Å². The van der Waals surface area contributed by atoms with E-state index >= 15 is 0 Å². The highest BCUT2D eigenvalue weighted by atomic mass is 32.1. The van der Waals surface area contributed by atoms with Gasteiger partial charge in [0.25, 0.3) is 0 Å². The Hall–Kier alpha value is -0.600. The molecule has 0 amide bonds. The highest BCUT2D eigenvalue weighted by Crippen LogP contribution is 2.31. The van der Waals surface area contributed by atoms with Crippen LogP contribution < -0.4 is 0 Å². The number of aryl methyl sites for hydroxylation is 1. The monoisotopic (exact) mass is 208 g/mol. The van der Waals surface area contributed by atoms with Gasteiger partial charge in [-0.15, -0.1) is 11.3 Å². The van der Waals surface area contributed by atoms with Crippen molar-refractivity contribution in [3.05, 3.63) is 33.5 Å². The summed E-state index contributed by atoms with van der Waals surface area (Å²) in [5.41, 5.74) is 2.29. The lowest BCUT2D eigenvalue weighted by molar-refractivity contribution is 0.209. The van der Waals surface area contributed by atoms with Crippen LogP contribution in [0.25, 0.3) is 0 Å². The maximum atomic E-state index is 10.1. The molecule has 2 rings (SSSR count). The zero-order valence-electron chi connectivity index (χ0n) is 8.49. The van der Waals surface area contributed by atoms with Crippen LogP contribution in [0.1, 0.15) is 42.2 Å². The van der Waals surface area contributed by atoms with Crippen molar-refractivity contribution in [3.63, 3.8) is 0 Å². The first kappa shape index (κ1) is 9.94. The van der Waals surface area contributed by atoms with E-state index in [1.807, 2.05) is 0 Å². The summed E-state index contributed by atoms with van der Waals surface area (Å²) in [6, 6.07) is 2.09. The van der Waals surface area contributed by atoms with Crippen molar-refractivity contribution in [2.24, 2.45) is 0 Å². The highest BCUT2D eigenvalue weighted by Gasteiger charge is 2.15. The molecular weight excluding hydrogens is 192 g/mol. The lowest BCUT2D eigenvalue weighted by atomic mass is 9.93. The third-order valence-electron chi connectivity index (χ3n) is 2.74. The van der Waals surface area contributed by atoms with Crippen LogP contribution in [0.15, 0.2) is 23.1 Å². The van der Waals surface area contributed by atoms with Gasteiger partial charge in [-0.05, 0) is 55.2 Å². The second kappa shape index (κ2) is 4.28. The van der Waals surface area contributed by atoms with Gasteiger partial charge in [0.05, 0.1) is 0 Å². The second-order valence-electron chi connectivity index (χ2n) is 3.92. The molecule has 0 spiro atoms. The van der Waals surface area contributed by atoms with Crippen molar-refractivity contribution in [3.8, 4) is 0 Å². The lowest BCUT2D eigenvalue weighted by Gasteiger charge is -2.17. The summed E-state index contributed by atoms with van der Waals surface area (Å²) in [6.07, 6.45) is 6.57. The van der Waals surface area contributed by atoms with Gasteiger partial charge in [0.2, 0.25) is 0 Å². The van der Waals surface area contributed by atoms with E-state index in [1.54, 1.807) is 11.3 Å². The Morgan fingerprint density at radius 3 is 2.86 bits per heavy atom. The van der Waals surface area contributed by atoms with Gasteiger partial charge in [-0.1, -0.05) is 6.08 Å². The smallest absolute Gasteiger partial charge is 0.101 e. The van der Waals surface area contributed by atoms with E-state index in [4.69, 9.17) is 0 Å². The van der Waals surface area contributed by atoms with Crippen molar-refractivity contribution < 1.29 is 5.11 Å². The SMILES string of the molecule is Cc1cc(C(O)C2=CCCCC2)cs1. The van der Waals surface area contributed by atoms with Gasteiger partial charge in [-0.2, -0.15) is 0 Å². The summed E-state index contributed by atoms with van der Waals surface area (Å²) < 4.78 is 0. The summed E-state index contributed by atoms with van der Waals surface area (Å²) in [7, 11) is 0. The molecule has 1 N–H and O–H groups in total. The molecule has 14 heavy (non-hydrogen) atoms. The Labute approximate surface area is 89.1 Å². The van der Waals surface area contributed by atoms with Crippen LogP contribution in [0.5, 0.6) is 0 Å². The zero-order valence-corrected chi connectivity index (χ0v) is 9.31. The molecule has 0 aromatic carbocycles. The molecule has 1 atom stereocenters. The Kier molecular flexibility index (Phi) is 3.04. The van der Waals surface area contributed by atoms with Crippen molar-refractivity contribution in [2.75, 3.05) is 0 Å². The van der Waals surface area contributed by atoms with Gasteiger partial charge in [-0.3, -0.25) is 0 Å². The van der Waals surface area contributed by atoms with Crippen molar-refractivity contribution >= 4 is 11.3 Å². The van der Waals surface area contributed by atoms with Crippen LogP contribution in [0.3, 0.4) is 0 Å². The molecular formula is C12H16OS. The molecule has 2 heteroatoms. The molecule has 0 bridgehead atoms. The third kappa shape index (κ3) is 2.07. The van der Waals surface area contributed by atoms with Crippen LogP contribution >= 0.6 is 11.3 Å². The van der Waals surface area contributed by atoms with E-state index < -0.39 is 0 Å². The fraction of sp³-hybridized carbons (Fsp3) is 0.500. The minimum absolute atomic E-state index is 0.347. The largest absolute Gasteiger partial charge is 0.384 e. The van der Waals surface area contributed by atoms with Crippen LogP contribution in [0.2, 0.25) is 0 Å². The summed E-state index contributed by atoms with van der Waals surface area (Å²) in [5.74, 6) is 0. The molecule has 76 valence electrons. The fourth-order valence-corrected chi connectivity index (χ4v) is 2.66. The number of aliphatic hydroxyl groups is 1. The molecule has 0 saturated heterocycles. The van der Waals surface area contributed by atoms with Gasteiger partial charge in [0.1, 0.15) is 6.10 Å². The van der Waals surface area contributed by atoms with Crippen molar-refractivity contribution in [2.45, 2.75) is 38.7 Å². The molecule has 1 unspecified atom stereocenters. The van der Waals surface area contributed by atoms with Crippen LogP contribution in [-0.4, -0.2) is 5.11 Å². The number of hydrogen-bond acceptors (Lipinski definition) is 2. The van der Waals surface area contributed by atoms with E-state index in [0.717, 1.165) is 18.4 Å². The Morgan fingerprint density at radius 1 is 1.43 bits per heavy atom. The maximum Gasteiger partial charge on any atom is 0.101 e. The molecule has 0 radical (unpaired) electrons. The molecule has 0 aliphatic heterocycles. The highest BCUT2D eigenvalue weighted by molar-refractivity contribution is 7.10. The van der Waals surface area contributed by atoms with Gasteiger partial charge >= 0.3 is 0 Å². The maximum absolute atomic E-state index is 10.1. The lowest BCUT2D eigenvalue weighted by Crippen LogP contribution is -2.03. The minimum Gasteiger partial charge on any atom is -0.384 e. The second-order valence-corrected chi connectivity index (χ2v) is 5.03. The van der Waals surface area contributed by atoms with Crippen LogP contribution in [0.4, 0.5) is 0 Å². The minimum atomic E-state index is -0.347. The number of aliphatic hydroxyl groups excluding tert-OH is 1. The standard InChI is InChI=1S/C12H16OS/c1-9-7-11(8-14-9)12(13)10-5-3-2-4-6-10/h5,7-8,12-13H,2-4,6H2,1H3. The Balaban J connectivity index is 2.14. The summed E-state index contributed by atoms with van der Waals surface area (Å²) in [5, 5.41) is 12.2. The Bertz CT molecular complexity index is 338. The summed E-state index contributed by atoms with van der Waals surface area (Å²) >= 11 is 1.71. The number of hydrogen-bond donors (Lipinski definition) is 1. The molecule has 1 nitrogen and oxygen atoms in total. The van der Waals surface area contributed by atoms with E-state index in [0.29, 0.717) is 0 Å². The van der Waals surface area contributed by atoms with E-state index in [9.17, 15) is 5.11 Å². The third-order valence-corrected chi connectivity index (χ3v) is 3.62. The molecule has 1 aliphatic carbocycles. The molecule has 1 aliphatic rings. The summed E-state index contributed by atoms with van der Waals surface area (Å²) in [4.78, 5) is 1.27. The van der Waals surface area contributed by atoms with Gasteiger partial charge in [0, 0.05) is 4.88 Å². The van der Waals surface area contributed by atoms with Gasteiger partial charge in [0.15, 0.2) is 0 Å². The summed E-state index contributed by atoms with van der Waals surface area (Å²) in [6.45, 7) is 2.08. The van der Waals surface area contributed by atoms with Gasteiger partial charge < -0.3 is 5.11 Å². The quantitative estimate of drug-likeness (QED) is 0.736. The molecule has 0 fully saturated rings. The molecule has 1 aromatic heterocycles. The average molecular weight is 208 g/mol. The topological polar surface area (TPSA) is 20.2 Å². The molecule has 0 saturated carbocycles. The Morgan fingerprint density at radius 2 is 2.29 bits per heavy atom. The first-order chi connectivity index (χ1) is 6.77. The molecule has 1 aromatic rings. The number of thiophene rings is 1. The predicted octanol–water partition coefficient (Wildman–Crippen LogP) is 3.59. The first-order valence-corrected chi connectivity index (χ1v) is 6.07. The predicted molar refractivity (Wildman–Crippen MR) is 60.6 cm³/mol. The van der Waals surface area contributed by atoms with Crippen LogP contribution in [0, 0.1) is 6.92 Å². The van der Waals surface area contributed by atoms with Crippen molar-refractivity contribution in [1.29, 1.82) is 0 Å². The average Bonchev–Trinajstić information content (AvgIpc) is 2.65. The molecule has 1 heterocycles. The fourth-order valence-electron chi connectivity index (χ4n) is 1.93. The number of rotatable bonds is 2. The van der Waals surface area contributed by atoms with E-state index in [2.05, 4.69) is 24.4 Å². The zero-order chi connectivity index (χ0) is 9.97. The van der Waals surface area contributed by atoms with E-state index in [1.165, 1.54) is 23.3 Å². The first-order valence-electron chi connectivity index (χ1n) is 5.19. The normalized spacial score (nSPS) is 19.1. The van der Waals surface area contributed by atoms with Crippen LogP contribution in [-0.2, 0) is 0 Å².